The highest BCUT2D eigenvalue weighted by Gasteiger charge is 2.45. The first-order valence-electron chi connectivity index (χ1n) is 6.95. The molecule has 0 aromatic heterocycles. The molecule has 0 saturated carbocycles. The van der Waals surface area contributed by atoms with Gasteiger partial charge in [0.1, 0.15) is 5.60 Å². The lowest BCUT2D eigenvalue weighted by Crippen LogP contribution is -2.64. The Balaban J connectivity index is 2.53. The van der Waals surface area contributed by atoms with E-state index in [0.717, 1.165) is 0 Å². The summed E-state index contributed by atoms with van der Waals surface area (Å²) < 4.78 is 9.98. The minimum atomic E-state index is -0.619. The molecule has 1 atom stereocenters. The van der Waals surface area contributed by atoms with E-state index in [1.54, 1.807) is 4.90 Å². The second-order valence-corrected chi connectivity index (χ2v) is 6.42. The molecule has 1 aliphatic heterocycles. The van der Waals surface area contributed by atoms with E-state index in [9.17, 15) is 9.59 Å². The fourth-order valence-electron chi connectivity index (χ4n) is 2.22. The lowest BCUT2D eigenvalue weighted by Gasteiger charge is -2.48. The van der Waals surface area contributed by atoms with Crippen molar-refractivity contribution >= 4 is 12.1 Å². The number of likely N-dealkylation sites (tertiary alicyclic amines) is 1. The number of nitrogens with zero attached hydrogens (tertiary/aromatic N) is 1. The molecule has 0 aromatic rings. The van der Waals surface area contributed by atoms with E-state index in [1.165, 1.54) is 7.11 Å². The number of hydrogen-bond donors (Lipinski definition) is 1. The minimum absolute atomic E-state index is 0.0964. The van der Waals surface area contributed by atoms with Crippen LogP contribution in [0.5, 0.6) is 0 Å². The Hall–Kier alpha value is -1.30. The molecule has 1 amide bonds. The lowest BCUT2D eigenvalue weighted by atomic mass is 9.75. The lowest BCUT2D eigenvalue weighted by molar-refractivity contribution is -0.143. The molecule has 20 heavy (non-hydrogen) atoms. The van der Waals surface area contributed by atoms with Gasteiger partial charge in [-0.2, -0.15) is 0 Å². The molecule has 0 radical (unpaired) electrons. The van der Waals surface area contributed by atoms with Crippen LogP contribution >= 0.6 is 0 Å². The van der Waals surface area contributed by atoms with Gasteiger partial charge >= 0.3 is 12.1 Å². The Morgan fingerprint density at radius 1 is 1.30 bits per heavy atom. The molecule has 1 saturated heterocycles. The van der Waals surface area contributed by atoms with Gasteiger partial charge in [0.2, 0.25) is 0 Å². The zero-order valence-electron chi connectivity index (χ0n) is 13.1. The molecule has 6 nitrogen and oxygen atoms in total. The van der Waals surface area contributed by atoms with Crippen LogP contribution in [0.2, 0.25) is 0 Å². The third-order valence-electron chi connectivity index (χ3n) is 3.71. The molecule has 0 spiro atoms. The maximum atomic E-state index is 11.9. The number of hydrogen-bond acceptors (Lipinski definition) is 5. The van der Waals surface area contributed by atoms with E-state index in [-0.39, 0.29) is 24.4 Å². The first kappa shape index (κ1) is 16.8. The number of amides is 1. The monoisotopic (exact) mass is 286 g/mol. The number of esters is 1. The second kappa shape index (κ2) is 5.99. The first-order chi connectivity index (χ1) is 9.11. The number of nitrogens with two attached hydrogens (primary N) is 1. The highest BCUT2D eigenvalue weighted by Crippen LogP contribution is 2.32. The highest BCUT2D eigenvalue weighted by atomic mass is 16.6. The van der Waals surface area contributed by atoms with E-state index in [2.05, 4.69) is 4.74 Å². The molecule has 0 bridgehead atoms. The fourth-order valence-corrected chi connectivity index (χ4v) is 2.22. The topological polar surface area (TPSA) is 81.9 Å². The van der Waals surface area contributed by atoms with Crippen LogP contribution in [0, 0.1) is 5.92 Å². The Kier molecular flexibility index (Phi) is 5.02. The predicted molar refractivity (Wildman–Crippen MR) is 75.1 cm³/mol. The maximum absolute atomic E-state index is 11.9. The number of rotatable bonds is 4. The Morgan fingerprint density at radius 2 is 1.85 bits per heavy atom. The van der Waals surface area contributed by atoms with Crippen LogP contribution in [-0.2, 0) is 14.3 Å². The van der Waals surface area contributed by atoms with Crippen molar-refractivity contribution < 1.29 is 19.1 Å². The Labute approximate surface area is 120 Å². The van der Waals surface area contributed by atoms with Gasteiger partial charge in [-0.1, -0.05) is 6.92 Å². The molecular formula is C14H26N2O4. The maximum Gasteiger partial charge on any atom is 0.410 e. The van der Waals surface area contributed by atoms with Crippen molar-refractivity contribution in [3.05, 3.63) is 0 Å². The quantitative estimate of drug-likeness (QED) is 0.792. The third-order valence-corrected chi connectivity index (χ3v) is 3.71. The van der Waals surface area contributed by atoms with E-state index < -0.39 is 11.1 Å². The summed E-state index contributed by atoms with van der Waals surface area (Å²) >= 11 is 0. The molecule has 1 unspecified atom stereocenters. The summed E-state index contributed by atoms with van der Waals surface area (Å²) in [5.41, 5.74) is 5.17. The number of ether oxygens (including phenoxy) is 2. The van der Waals surface area contributed by atoms with E-state index >= 15 is 0 Å². The molecule has 1 fully saturated rings. The molecule has 0 aliphatic carbocycles. The first-order valence-corrected chi connectivity index (χ1v) is 6.95. The second-order valence-electron chi connectivity index (χ2n) is 6.42. The van der Waals surface area contributed by atoms with Gasteiger partial charge in [-0.05, 0) is 27.2 Å². The van der Waals surface area contributed by atoms with Gasteiger partial charge in [0.05, 0.1) is 13.5 Å². The van der Waals surface area contributed by atoms with Crippen molar-refractivity contribution in [1.29, 1.82) is 0 Å². The Morgan fingerprint density at radius 3 is 2.25 bits per heavy atom. The summed E-state index contributed by atoms with van der Waals surface area (Å²) in [4.78, 5) is 24.9. The van der Waals surface area contributed by atoms with Gasteiger partial charge in [0.15, 0.2) is 0 Å². The largest absolute Gasteiger partial charge is 0.469 e. The van der Waals surface area contributed by atoms with Crippen LogP contribution in [0.25, 0.3) is 0 Å². The van der Waals surface area contributed by atoms with Gasteiger partial charge < -0.3 is 20.1 Å². The SMILES string of the molecule is CCC(N)(CC(=O)OC)C1CN(C(=O)OC(C)(C)C)C1. The average molecular weight is 286 g/mol. The summed E-state index contributed by atoms with van der Waals surface area (Å²) in [5, 5.41) is 0. The summed E-state index contributed by atoms with van der Waals surface area (Å²) in [5.74, 6) is -0.218. The van der Waals surface area contributed by atoms with Crippen molar-refractivity contribution in [1.82, 2.24) is 4.90 Å². The molecule has 1 rings (SSSR count). The molecule has 0 aromatic carbocycles. The summed E-state index contributed by atoms with van der Waals surface area (Å²) in [7, 11) is 1.35. The Bertz CT molecular complexity index is 372. The van der Waals surface area contributed by atoms with Gasteiger partial charge in [-0.3, -0.25) is 4.79 Å². The number of methoxy groups -OCH3 is 1. The summed E-state index contributed by atoms with van der Waals surface area (Å²) in [6.45, 7) is 8.49. The van der Waals surface area contributed by atoms with Crippen molar-refractivity contribution in [3.8, 4) is 0 Å². The van der Waals surface area contributed by atoms with Crippen LogP contribution in [0.4, 0.5) is 4.79 Å². The van der Waals surface area contributed by atoms with Crippen LogP contribution in [0.3, 0.4) is 0 Å². The normalized spacial score (nSPS) is 19.0. The zero-order valence-corrected chi connectivity index (χ0v) is 13.1. The summed E-state index contributed by atoms with van der Waals surface area (Å²) in [6, 6.07) is 0. The van der Waals surface area contributed by atoms with Crippen LogP contribution in [0.1, 0.15) is 40.5 Å². The standard InChI is InChI=1S/C14H26N2O4/c1-6-14(15,7-11(17)19-5)10-8-16(9-10)12(18)20-13(2,3)4/h10H,6-9,15H2,1-5H3. The number of carbonyl (C=O) groups excluding carboxylic acids is 2. The molecule has 1 heterocycles. The molecule has 1 aliphatic rings. The van der Waals surface area contributed by atoms with E-state index in [1.807, 2.05) is 27.7 Å². The zero-order chi connectivity index (χ0) is 15.6. The molecule has 116 valence electrons. The van der Waals surface area contributed by atoms with Crippen molar-refractivity contribution in [3.63, 3.8) is 0 Å². The van der Waals surface area contributed by atoms with E-state index in [4.69, 9.17) is 10.5 Å². The van der Waals surface area contributed by atoms with Gasteiger partial charge in [0, 0.05) is 24.5 Å². The summed E-state index contributed by atoms with van der Waals surface area (Å²) in [6.07, 6.45) is 0.507. The van der Waals surface area contributed by atoms with Crippen molar-refractivity contribution in [2.24, 2.45) is 11.7 Å². The molecule has 6 heteroatoms. The minimum Gasteiger partial charge on any atom is -0.469 e. The van der Waals surface area contributed by atoms with Crippen LogP contribution in [0.15, 0.2) is 0 Å². The van der Waals surface area contributed by atoms with Crippen molar-refractivity contribution in [2.45, 2.75) is 51.7 Å². The van der Waals surface area contributed by atoms with Crippen LogP contribution < -0.4 is 5.73 Å². The smallest absolute Gasteiger partial charge is 0.410 e. The third kappa shape index (κ3) is 4.10. The average Bonchev–Trinajstić information content (AvgIpc) is 2.24. The number of carbonyl (C=O) groups is 2. The van der Waals surface area contributed by atoms with Gasteiger partial charge in [-0.25, -0.2) is 4.79 Å². The predicted octanol–water partition coefficient (Wildman–Crippen LogP) is 1.52. The van der Waals surface area contributed by atoms with Crippen LogP contribution in [-0.4, -0.2) is 48.3 Å². The fraction of sp³-hybridized carbons (Fsp3) is 0.857. The molecule has 2 N–H and O–H groups in total. The molecular weight excluding hydrogens is 260 g/mol. The van der Waals surface area contributed by atoms with E-state index in [0.29, 0.717) is 19.5 Å². The van der Waals surface area contributed by atoms with Crippen molar-refractivity contribution in [2.75, 3.05) is 20.2 Å². The van der Waals surface area contributed by atoms with Gasteiger partial charge in [0.25, 0.3) is 0 Å². The highest BCUT2D eigenvalue weighted by molar-refractivity contribution is 5.71. The van der Waals surface area contributed by atoms with Gasteiger partial charge in [-0.15, -0.1) is 0 Å².